The molecule has 1 aromatic heterocycles. The Morgan fingerprint density at radius 3 is 2.81 bits per heavy atom. The summed E-state index contributed by atoms with van der Waals surface area (Å²) >= 11 is 0. The van der Waals surface area contributed by atoms with Gasteiger partial charge in [0.05, 0.1) is 0 Å². The second kappa shape index (κ2) is 9.87. The molecule has 0 radical (unpaired) electrons. The van der Waals surface area contributed by atoms with Crippen LogP contribution in [0.2, 0.25) is 0 Å². The number of aromatic nitrogens is 1. The SMILES string of the molecule is CC[C@H](CCCCCCc1ccc2c(n1)NCCC2)c1cc(C)ccc1F. The molecule has 1 aliphatic heterocycles. The molecule has 2 nitrogen and oxygen atoms in total. The first kappa shape index (κ1) is 19.9. The maximum atomic E-state index is 14.1. The minimum Gasteiger partial charge on any atom is -0.370 e. The summed E-state index contributed by atoms with van der Waals surface area (Å²) in [5, 5.41) is 3.41. The van der Waals surface area contributed by atoms with Gasteiger partial charge in [0.25, 0.3) is 0 Å². The molecule has 3 rings (SSSR count). The van der Waals surface area contributed by atoms with Crippen molar-refractivity contribution in [2.75, 3.05) is 11.9 Å². The number of fused-ring (bicyclic) bond motifs is 1. The monoisotopic (exact) mass is 368 g/mol. The van der Waals surface area contributed by atoms with E-state index in [0.717, 1.165) is 49.2 Å². The van der Waals surface area contributed by atoms with Gasteiger partial charge in [-0.05, 0) is 74.6 Å². The van der Waals surface area contributed by atoms with E-state index in [-0.39, 0.29) is 5.82 Å². The molecular weight excluding hydrogens is 335 g/mol. The molecule has 0 saturated carbocycles. The third-order valence-electron chi connectivity index (χ3n) is 5.77. The van der Waals surface area contributed by atoms with Crippen LogP contribution in [0.1, 0.15) is 80.2 Å². The van der Waals surface area contributed by atoms with E-state index in [1.54, 1.807) is 6.07 Å². The highest BCUT2D eigenvalue weighted by atomic mass is 19.1. The van der Waals surface area contributed by atoms with Gasteiger partial charge in [0, 0.05) is 12.2 Å². The van der Waals surface area contributed by atoms with Gasteiger partial charge in [-0.3, -0.25) is 0 Å². The van der Waals surface area contributed by atoms with Crippen molar-refractivity contribution in [3.8, 4) is 0 Å². The number of unbranched alkanes of at least 4 members (excludes halogenated alkanes) is 3. The van der Waals surface area contributed by atoms with Crippen molar-refractivity contribution in [3.63, 3.8) is 0 Å². The first-order valence-electron chi connectivity index (χ1n) is 10.7. The Kier molecular flexibility index (Phi) is 7.25. The zero-order chi connectivity index (χ0) is 19.1. The molecule has 27 heavy (non-hydrogen) atoms. The molecule has 2 heterocycles. The van der Waals surface area contributed by atoms with Crippen molar-refractivity contribution < 1.29 is 4.39 Å². The molecule has 0 saturated heterocycles. The number of pyridine rings is 1. The molecule has 0 bridgehead atoms. The molecule has 1 aliphatic rings. The van der Waals surface area contributed by atoms with Crippen LogP contribution in [0.4, 0.5) is 10.2 Å². The molecular formula is C24H33FN2. The lowest BCUT2D eigenvalue weighted by atomic mass is 9.89. The van der Waals surface area contributed by atoms with Gasteiger partial charge in [0.15, 0.2) is 0 Å². The third kappa shape index (κ3) is 5.54. The smallest absolute Gasteiger partial charge is 0.129 e. The van der Waals surface area contributed by atoms with Crippen LogP contribution in [0.5, 0.6) is 0 Å². The van der Waals surface area contributed by atoms with E-state index in [1.165, 1.54) is 43.4 Å². The lowest BCUT2D eigenvalue weighted by Crippen LogP contribution is -2.13. The normalized spacial score (nSPS) is 14.5. The Hall–Kier alpha value is -1.90. The molecule has 3 heteroatoms. The van der Waals surface area contributed by atoms with Crippen molar-refractivity contribution in [2.24, 2.45) is 0 Å². The largest absolute Gasteiger partial charge is 0.370 e. The van der Waals surface area contributed by atoms with Gasteiger partial charge in [-0.2, -0.15) is 0 Å². The predicted molar refractivity (Wildman–Crippen MR) is 112 cm³/mol. The Balaban J connectivity index is 1.39. The number of anilines is 1. The van der Waals surface area contributed by atoms with Gasteiger partial charge in [0.1, 0.15) is 11.6 Å². The molecule has 0 spiro atoms. The molecule has 2 aromatic rings. The Bertz CT molecular complexity index is 741. The predicted octanol–water partition coefficient (Wildman–Crippen LogP) is 6.57. The minimum atomic E-state index is -0.0421. The maximum Gasteiger partial charge on any atom is 0.129 e. The summed E-state index contributed by atoms with van der Waals surface area (Å²) < 4.78 is 14.1. The Labute approximate surface area is 163 Å². The standard InChI is InChI=1S/C24H33FN2/c1-3-19(22-17-18(2)12-15-23(22)25)9-6-4-5-7-11-21-14-13-20-10-8-16-26-24(20)27-21/h12-15,17,19H,3-11,16H2,1-2H3,(H,26,27)/t19-/m1/s1. The summed E-state index contributed by atoms with van der Waals surface area (Å²) in [6.07, 6.45) is 10.3. The fourth-order valence-electron chi connectivity index (χ4n) is 4.11. The second-order valence-electron chi connectivity index (χ2n) is 7.92. The first-order valence-corrected chi connectivity index (χ1v) is 10.7. The van der Waals surface area contributed by atoms with E-state index < -0.39 is 0 Å². The van der Waals surface area contributed by atoms with Crippen LogP contribution in [0.25, 0.3) is 0 Å². The van der Waals surface area contributed by atoms with E-state index in [4.69, 9.17) is 4.98 Å². The summed E-state index contributed by atoms with van der Waals surface area (Å²) in [7, 11) is 0. The van der Waals surface area contributed by atoms with Gasteiger partial charge in [-0.25, -0.2) is 9.37 Å². The number of hydrogen-bond donors (Lipinski definition) is 1. The molecule has 0 unspecified atom stereocenters. The number of benzene rings is 1. The summed E-state index contributed by atoms with van der Waals surface area (Å²) in [5.74, 6) is 1.41. The highest BCUT2D eigenvalue weighted by Crippen LogP contribution is 2.29. The number of nitrogens with one attached hydrogen (secondary N) is 1. The number of aryl methyl sites for hydroxylation is 3. The molecule has 1 atom stereocenters. The molecule has 0 aliphatic carbocycles. The van der Waals surface area contributed by atoms with Crippen molar-refractivity contribution >= 4 is 5.82 Å². The summed E-state index contributed by atoms with van der Waals surface area (Å²) in [6.45, 7) is 5.26. The summed E-state index contributed by atoms with van der Waals surface area (Å²) in [6, 6.07) is 9.94. The topological polar surface area (TPSA) is 24.9 Å². The van der Waals surface area contributed by atoms with E-state index in [9.17, 15) is 4.39 Å². The van der Waals surface area contributed by atoms with Crippen molar-refractivity contribution in [3.05, 3.63) is 58.5 Å². The average molecular weight is 369 g/mol. The van der Waals surface area contributed by atoms with Gasteiger partial charge in [-0.1, -0.05) is 49.9 Å². The van der Waals surface area contributed by atoms with Gasteiger partial charge in [-0.15, -0.1) is 0 Å². The van der Waals surface area contributed by atoms with Crippen LogP contribution in [-0.2, 0) is 12.8 Å². The van der Waals surface area contributed by atoms with Crippen LogP contribution in [0, 0.1) is 12.7 Å². The minimum absolute atomic E-state index is 0.0421. The number of nitrogens with zero attached hydrogens (tertiary/aromatic N) is 1. The number of hydrogen-bond acceptors (Lipinski definition) is 2. The van der Waals surface area contributed by atoms with E-state index in [2.05, 4.69) is 24.4 Å². The van der Waals surface area contributed by atoms with Crippen molar-refractivity contribution in [1.82, 2.24) is 4.98 Å². The zero-order valence-corrected chi connectivity index (χ0v) is 16.9. The van der Waals surface area contributed by atoms with Crippen LogP contribution in [0.15, 0.2) is 30.3 Å². The first-order chi connectivity index (χ1) is 13.2. The average Bonchev–Trinajstić information content (AvgIpc) is 2.69. The van der Waals surface area contributed by atoms with Crippen molar-refractivity contribution in [2.45, 2.75) is 77.6 Å². The summed E-state index contributed by atoms with van der Waals surface area (Å²) in [4.78, 5) is 4.78. The Morgan fingerprint density at radius 1 is 1.11 bits per heavy atom. The lowest BCUT2D eigenvalue weighted by molar-refractivity contribution is 0.509. The van der Waals surface area contributed by atoms with E-state index in [0.29, 0.717) is 5.92 Å². The van der Waals surface area contributed by atoms with Gasteiger partial charge < -0.3 is 5.32 Å². The molecule has 1 N–H and O–H groups in total. The van der Waals surface area contributed by atoms with Crippen molar-refractivity contribution in [1.29, 1.82) is 0 Å². The zero-order valence-electron chi connectivity index (χ0n) is 16.9. The molecule has 146 valence electrons. The van der Waals surface area contributed by atoms with Crippen LogP contribution < -0.4 is 5.32 Å². The third-order valence-corrected chi connectivity index (χ3v) is 5.77. The van der Waals surface area contributed by atoms with Gasteiger partial charge >= 0.3 is 0 Å². The highest BCUT2D eigenvalue weighted by Gasteiger charge is 2.14. The molecule has 0 amide bonds. The quantitative estimate of drug-likeness (QED) is 0.506. The molecule has 1 aromatic carbocycles. The van der Waals surface area contributed by atoms with E-state index >= 15 is 0 Å². The highest BCUT2D eigenvalue weighted by molar-refractivity contribution is 5.47. The maximum absolute atomic E-state index is 14.1. The fourth-order valence-corrected chi connectivity index (χ4v) is 4.11. The van der Waals surface area contributed by atoms with Crippen LogP contribution in [-0.4, -0.2) is 11.5 Å². The van der Waals surface area contributed by atoms with Crippen LogP contribution in [0.3, 0.4) is 0 Å². The fraction of sp³-hybridized carbons (Fsp3) is 0.542. The lowest BCUT2D eigenvalue weighted by Gasteiger charge is -2.17. The number of rotatable bonds is 9. The Morgan fingerprint density at radius 2 is 1.96 bits per heavy atom. The van der Waals surface area contributed by atoms with Crippen LogP contribution >= 0.6 is 0 Å². The number of halogens is 1. The summed E-state index contributed by atoms with van der Waals surface area (Å²) in [5.41, 5.74) is 4.62. The van der Waals surface area contributed by atoms with E-state index in [1.807, 2.05) is 19.1 Å². The molecule has 0 fully saturated rings. The van der Waals surface area contributed by atoms with Gasteiger partial charge in [0.2, 0.25) is 0 Å². The second-order valence-corrected chi connectivity index (χ2v) is 7.92.